The molecular formula is C13H18N2O4S. The number of carbonyl (C=O) groups is 1. The van der Waals surface area contributed by atoms with Gasteiger partial charge in [0.15, 0.2) is 0 Å². The van der Waals surface area contributed by atoms with E-state index in [4.69, 9.17) is 0 Å². The molecule has 1 fully saturated rings. The molecular weight excluding hydrogens is 280 g/mol. The van der Waals surface area contributed by atoms with Crippen molar-refractivity contribution in [1.82, 2.24) is 9.88 Å². The van der Waals surface area contributed by atoms with Crippen LogP contribution in [0.3, 0.4) is 0 Å². The van der Waals surface area contributed by atoms with Crippen molar-refractivity contribution in [2.24, 2.45) is 5.92 Å². The molecule has 1 N–H and O–H groups in total. The van der Waals surface area contributed by atoms with E-state index in [1.807, 2.05) is 17.0 Å². The Bertz CT molecular complexity index is 573. The molecule has 1 saturated heterocycles. The minimum absolute atomic E-state index is 0.0579. The second-order valence-corrected chi connectivity index (χ2v) is 7.48. The van der Waals surface area contributed by atoms with Crippen LogP contribution in [0.2, 0.25) is 0 Å². The lowest BCUT2D eigenvalue weighted by molar-refractivity contribution is -0.141. The Kier molecular flexibility index (Phi) is 4.39. The fourth-order valence-electron chi connectivity index (χ4n) is 2.56. The maximum Gasteiger partial charge on any atom is 0.308 e. The quantitative estimate of drug-likeness (QED) is 0.837. The van der Waals surface area contributed by atoms with Gasteiger partial charge in [0.05, 0.1) is 11.7 Å². The second-order valence-electron chi connectivity index (χ2n) is 5.22. The lowest BCUT2D eigenvalue weighted by Gasteiger charge is -2.15. The van der Waals surface area contributed by atoms with Gasteiger partial charge in [-0.3, -0.25) is 9.78 Å². The molecule has 20 heavy (non-hydrogen) atoms. The predicted molar refractivity (Wildman–Crippen MR) is 74.3 cm³/mol. The average Bonchev–Trinajstić information content (AvgIpc) is 2.81. The number of aromatic nitrogens is 1. The molecule has 0 aliphatic carbocycles. The summed E-state index contributed by atoms with van der Waals surface area (Å²) in [5, 5.41) is 9.33. The van der Waals surface area contributed by atoms with E-state index >= 15 is 0 Å². The van der Waals surface area contributed by atoms with Crippen molar-refractivity contribution in [1.29, 1.82) is 0 Å². The molecule has 1 aliphatic rings. The van der Waals surface area contributed by atoms with Gasteiger partial charge in [-0.15, -0.1) is 0 Å². The van der Waals surface area contributed by atoms with Crippen molar-refractivity contribution in [3.05, 3.63) is 30.1 Å². The maximum atomic E-state index is 11.4. The van der Waals surface area contributed by atoms with E-state index in [0.717, 1.165) is 5.56 Å². The molecule has 7 heteroatoms. The molecule has 0 bridgehead atoms. The van der Waals surface area contributed by atoms with Gasteiger partial charge in [-0.2, -0.15) is 0 Å². The van der Waals surface area contributed by atoms with Gasteiger partial charge in [-0.25, -0.2) is 8.42 Å². The Morgan fingerprint density at radius 3 is 2.60 bits per heavy atom. The maximum absolute atomic E-state index is 11.4. The third-order valence-electron chi connectivity index (χ3n) is 3.63. The Labute approximate surface area is 118 Å². The van der Waals surface area contributed by atoms with Crippen LogP contribution in [0, 0.1) is 5.92 Å². The summed E-state index contributed by atoms with van der Waals surface area (Å²) >= 11 is 0. The number of sulfone groups is 1. The van der Waals surface area contributed by atoms with Crippen molar-refractivity contribution >= 4 is 15.8 Å². The summed E-state index contributed by atoms with van der Waals surface area (Å²) in [5.41, 5.74) is 0.939. The van der Waals surface area contributed by atoms with Crippen LogP contribution < -0.4 is 0 Å². The molecule has 6 nitrogen and oxygen atoms in total. The Balaban J connectivity index is 2.10. The van der Waals surface area contributed by atoms with Crippen molar-refractivity contribution in [2.45, 2.75) is 5.92 Å². The Morgan fingerprint density at radius 2 is 2.05 bits per heavy atom. The first-order valence-corrected chi connectivity index (χ1v) is 8.45. The van der Waals surface area contributed by atoms with Crippen LogP contribution in [0.5, 0.6) is 0 Å². The van der Waals surface area contributed by atoms with Crippen LogP contribution in [0.25, 0.3) is 0 Å². The van der Waals surface area contributed by atoms with E-state index in [9.17, 15) is 18.3 Å². The smallest absolute Gasteiger partial charge is 0.308 e. The third-order valence-corrected chi connectivity index (χ3v) is 4.55. The fourth-order valence-corrected chi connectivity index (χ4v) is 3.15. The summed E-state index contributed by atoms with van der Waals surface area (Å²) in [4.78, 5) is 17.2. The van der Waals surface area contributed by atoms with Crippen LogP contribution in [-0.4, -0.2) is 61.0 Å². The molecule has 1 aromatic heterocycles. The molecule has 1 aliphatic heterocycles. The monoisotopic (exact) mass is 298 g/mol. The molecule has 2 unspecified atom stereocenters. The number of pyridine rings is 1. The summed E-state index contributed by atoms with van der Waals surface area (Å²) in [7, 11) is -3.03. The lowest BCUT2D eigenvalue weighted by atomic mass is 9.90. The highest BCUT2D eigenvalue weighted by atomic mass is 32.2. The average molecular weight is 298 g/mol. The van der Waals surface area contributed by atoms with Gasteiger partial charge < -0.3 is 10.0 Å². The fraction of sp³-hybridized carbons (Fsp3) is 0.538. The molecule has 0 aromatic carbocycles. The van der Waals surface area contributed by atoms with Gasteiger partial charge >= 0.3 is 5.97 Å². The van der Waals surface area contributed by atoms with Crippen LogP contribution in [0.1, 0.15) is 11.5 Å². The SMILES string of the molecule is CS(=O)(=O)CCN1CC(C(=O)O)C(c2ccncc2)C1. The highest BCUT2D eigenvalue weighted by Gasteiger charge is 2.38. The minimum Gasteiger partial charge on any atom is -0.481 e. The first kappa shape index (κ1) is 14.9. The molecule has 1 aromatic rings. The summed E-state index contributed by atoms with van der Waals surface area (Å²) in [6.07, 6.45) is 4.49. The van der Waals surface area contributed by atoms with Crippen molar-refractivity contribution in [3.8, 4) is 0 Å². The van der Waals surface area contributed by atoms with Gasteiger partial charge in [0.2, 0.25) is 0 Å². The normalized spacial score (nSPS) is 23.9. The van der Waals surface area contributed by atoms with Gasteiger partial charge in [-0.1, -0.05) is 0 Å². The summed E-state index contributed by atoms with van der Waals surface area (Å²) in [6, 6.07) is 3.64. The predicted octanol–water partition coefficient (Wildman–Crippen LogP) is 0.226. The van der Waals surface area contributed by atoms with Crippen LogP contribution in [0.15, 0.2) is 24.5 Å². The van der Waals surface area contributed by atoms with Gasteiger partial charge in [-0.05, 0) is 17.7 Å². The van der Waals surface area contributed by atoms with Crippen LogP contribution >= 0.6 is 0 Å². The molecule has 110 valence electrons. The molecule has 0 saturated carbocycles. The van der Waals surface area contributed by atoms with E-state index in [2.05, 4.69) is 4.98 Å². The second kappa shape index (κ2) is 5.88. The number of carboxylic acids is 1. The van der Waals surface area contributed by atoms with Crippen molar-refractivity contribution in [2.75, 3.05) is 31.6 Å². The topological polar surface area (TPSA) is 87.6 Å². The van der Waals surface area contributed by atoms with Crippen molar-refractivity contribution < 1.29 is 18.3 Å². The number of hydrogen-bond acceptors (Lipinski definition) is 5. The number of hydrogen-bond donors (Lipinski definition) is 1. The Morgan fingerprint density at radius 1 is 1.40 bits per heavy atom. The highest BCUT2D eigenvalue weighted by molar-refractivity contribution is 7.90. The summed E-state index contributed by atoms with van der Waals surface area (Å²) < 4.78 is 22.4. The highest BCUT2D eigenvalue weighted by Crippen LogP contribution is 2.32. The molecule has 0 spiro atoms. The lowest BCUT2D eigenvalue weighted by Crippen LogP contribution is -2.28. The number of likely N-dealkylation sites (tertiary alicyclic amines) is 1. The molecule has 2 heterocycles. The van der Waals surface area contributed by atoms with E-state index in [1.165, 1.54) is 6.26 Å². The van der Waals surface area contributed by atoms with Gasteiger partial charge in [0.25, 0.3) is 0 Å². The Hall–Kier alpha value is -1.47. The molecule has 0 amide bonds. The number of nitrogens with zero attached hydrogens (tertiary/aromatic N) is 2. The van der Waals surface area contributed by atoms with Crippen molar-refractivity contribution in [3.63, 3.8) is 0 Å². The zero-order valence-electron chi connectivity index (χ0n) is 11.3. The molecule has 2 rings (SSSR count). The first-order chi connectivity index (χ1) is 9.37. The van der Waals surface area contributed by atoms with Crippen LogP contribution in [-0.2, 0) is 14.6 Å². The number of aliphatic carboxylic acids is 1. The zero-order chi connectivity index (χ0) is 14.8. The van der Waals surface area contributed by atoms with Crippen LogP contribution in [0.4, 0.5) is 0 Å². The van der Waals surface area contributed by atoms with E-state index in [-0.39, 0.29) is 11.7 Å². The third kappa shape index (κ3) is 3.77. The van der Waals surface area contributed by atoms with Gasteiger partial charge in [0, 0.05) is 44.2 Å². The number of rotatable bonds is 5. The van der Waals surface area contributed by atoms with E-state index < -0.39 is 21.7 Å². The first-order valence-electron chi connectivity index (χ1n) is 6.39. The number of carboxylic acid groups (broad SMARTS) is 1. The molecule has 0 radical (unpaired) electrons. The zero-order valence-corrected chi connectivity index (χ0v) is 12.1. The molecule has 2 atom stereocenters. The summed E-state index contributed by atoms with van der Waals surface area (Å²) in [6.45, 7) is 1.33. The standard InChI is InChI=1S/C13H18N2O4S/c1-20(18,19)7-6-15-8-11(12(9-15)13(16)17)10-2-4-14-5-3-10/h2-5,11-12H,6-9H2,1H3,(H,16,17). The minimum atomic E-state index is -3.03. The summed E-state index contributed by atoms with van der Waals surface area (Å²) in [5.74, 6) is -1.40. The van der Waals surface area contributed by atoms with E-state index in [0.29, 0.717) is 19.6 Å². The van der Waals surface area contributed by atoms with E-state index in [1.54, 1.807) is 12.4 Å². The van der Waals surface area contributed by atoms with Gasteiger partial charge in [0.1, 0.15) is 9.84 Å². The largest absolute Gasteiger partial charge is 0.481 e.